The number of carbonyl (C=O) groups is 1. The zero-order valence-corrected chi connectivity index (χ0v) is 14.9. The van der Waals surface area contributed by atoms with Crippen LogP contribution in [0.4, 0.5) is 10.1 Å². The van der Waals surface area contributed by atoms with Crippen molar-refractivity contribution in [1.29, 1.82) is 0 Å². The van der Waals surface area contributed by atoms with Crippen LogP contribution in [0.3, 0.4) is 0 Å². The number of benzene rings is 2. The van der Waals surface area contributed by atoms with E-state index in [9.17, 15) is 9.18 Å². The van der Waals surface area contributed by atoms with Crippen LogP contribution < -0.4 is 5.32 Å². The average Bonchev–Trinajstić information content (AvgIpc) is 3.35. The number of rotatable bonds is 5. The number of anilines is 1. The van der Waals surface area contributed by atoms with Crippen LogP contribution in [0.1, 0.15) is 21.8 Å². The quantitative estimate of drug-likeness (QED) is 0.542. The highest BCUT2D eigenvalue weighted by atomic mass is 32.1. The number of amides is 1. The Bertz CT molecular complexity index is 1060. The minimum absolute atomic E-state index is 0.313. The Morgan fingerprint density at radius 2 is 1.89 bits per heavy atom. The molecule has 0 aliphatic heterocycles. The van der Waals surface area contributed by atoms with Crippen molar-refractivity contribution in [3.05, 3.63) is 88.9 Å². The summed E-state index contributed by atoms with van der Waals surface area (Å²) in [5.41, 5.74) is 1.86. The number of hydrogen-bond donors (Lipinski definition) is 1. The van der Waals surface area contributed by atoms with Gasteiger partial charge in [0.2, 0.25) is 11.7 Å². The number of thiophene rings is 1. The first-order valence-electron chi connectivity index (χ1n) is 8.20. The molecule has 0 radical (unpaired) electrons. The van der Waals surface area contributed by atoms with E-state index < -0.39 is 0 Å². The van der Waals surface area contributed by atoms with Crippen molar-refractivity contribution in [1.82, 2.24) is 10.1 Å². The molecule has 0 fully saturated rings. The summed E-state index contributed by atoms with van der Waals surface area (Å²) < 4.78 is 18.4. The molecule has 0 saturated heterocycles. The Kier molecular flexibility index (Phi) is 4.76. The van der Waals surface area contributed by atoms with Gasteiger partial charge < -0.3 is 9.84 Å². The van der Waals surface area contributed by atoms with E-state index in [2.05, 4.69) is 15.5 Å². The van der Waals surface area contributed by atoms with Crippen molar-refractivity contribution >= 4 is 22.9 Å². The summed E-state index contributed by atoms with van der Waals surface area (Å²) in [5, 5.41) is 8.80. The van der Waals surface area contributed by atoms with Gasteiger partial charge in [0.1, 0.15) is 5.82 Å². The van der Waals surface area contributed by atoms with Gasteiger partial charge in [-0.1, -0.05) is 29.4 Å². The van der Waals surface area contributed by atoms with Crippen molar-refractivity contribution < 1.29 is 13.7 Å². The molecule has 0 atom stereocenters. The van der Waals surface area contributed by atoms with Crippen LogP contribution in [0.5, 0.6) is 0 Å². The molecule has 1 amide bonds. The summed E-state index contributed by atoms with van der Waals surface area (Å²) in [7, 11) is 0. The summed E-state index contributed by atoms with van der Waals surface area (Å²) >= 11 is 1.54. The Hall–Kier alpha value is -3.32. The minimum Gasteiger partial charge on any atom is -0.339 e. The van der Waals surface area contributed by atoms with Gasteiger partial charge in [0, 0.05) is 11.3 Å². The van der Waals surface area contributed by atoms with Crippen LogP contribution in [0, 0.1) is 5.82 Å². The van der Waals surface area contributed by atoms with Crippen molar-refractivity contribution in [3.8, 4) is 10.7 Å². The number of halogens is 1. The number of carbonyl (C=O) groups excluding carboxylic acids is 1. The summed E-state index contributed by atoms with van der Waals surface area (Å²) in [4.78, 5) is 17.8. The van der Waals surface area contributed by atoms with Gasteiger partial charge in [-0.3, -0.25) is 4.79 Å². The molecule has 0 bridgehead atoms. The molecule has 2 aromatic heterocycles. The van der Waals surface area contributed by atoms with Gasteiger partial charge in [-0.15, -0.1) is 11.3 Å². The first-order valence-corrected chi connectivity index (χ1v) is 9.08. The maximum Gasteiger partial charge on any atom is 0.255 e. The summed E-state index contributed by atoms with van der Waals surface area (Å²) in [6, 6.07) is 16.6. The lowest BCUT2D eigenvalue weighted by atomic mass is 10.1. The maximum absolute atomic E-state index is 13.0. The topological polar surface area (TPSA) is 68.0 Å². The number of nitrogens with one attached hydrogen (secondary N) is 1. The van der Waals surface area contributed by atoms with E-state index in [-0.39, 0.29) is 11.7 Å². The molecule has 4 rings (SSSR count). The van der Waals surface area contributed by atoms with Crippen molar-refractivity contribution in [2.45, 2.75) is 6.42 Å². The zero-order chi connectivity index (χ0) is 18.6. The van der Waals surface area contributed by atoms with Crippen LogP contribution >= 0.6 is 11.3 Å². The molecule has 0 unspecified atom stereocenters. The molecule has 2 heterocycles. The van der Waals surface area contributed by atoms with E-state index in [1.165, 1.54) is 35.6 Å². The van der Waals surface area contributed by atoms with E-state index >= 15 is 0 Å². The van der Waals surface area contributed by atoms with Gasteiger partial charge in [-0.05, 0) is 47.3 Å². The van der Waals surface area contributed by atoms with Gasteiger partial charge in [0.15, 0.2) is 0 Å². The standard InChI is InChI=1S/C20H14FN3O2S/c21-15-9-7-13(8-10-15)20(25)22-16-5-2-1-4-14(16)12-18-23-19(24-26-18)17-6-3-11-27-17/h1-11H,12H2,(H,22,25). The summed E-state index contributed by atoms with van der Waals surface area (Å²) in [6.45, 7) is 0. The normalized spacial score (nSPS) is 10.7. The molecular weight excluding hydrogens is 365 g/mol. The lowest BCUT2D eigenvalue weighted by Crippen LogP contribution is -2.13. The Morgan fingerprint density at radius 3 is 2.67 bits per heavy atom. The first-order chi connectivity index (χ1) is 13.2. The Morgan fingerprint density at radius 1 is 1.07 bits per heavy atom. The van der Waals surface area contributed by atoms with Crippen molar-refractivity contribution in [2.24, 2.45) is 0 Å². The van der Waals surface area contributed by atoms with Crippen LogP contribution in [0.25, 0.3) is 10.7 Å². The van der Waals surface area contributed by atoms with E-state index in [4.69, 9.17) is 4.52 Å². The van der Waals surface area contributed by atoms with Gasteiger partial charge in [-0.25, -0.2) is 4.39 Å². The number of hydrogen-bond acceptors (Lipinski definition) is 5. The minimum atomic E-state index is -0.384. The lowest BCUT2D eigenvalue weighted by molar-refractivity contribution is 0.102. The molecule has 1 N–H and O–H groups in total. The van der Waals surface area contributed by atoms with Crippen LogP contribution in [0.2, 0.25) is 0 Å². The molecule has 134 valence electrons. The van der Waals surface area contributed by atoms with Crippen LogP contribution in [-0.4, -0.2) is 16.0 Å². The van der Waals surface area contributed by atoms with E-state index in [1.54, 1.807) is 6.07 Å². The second-order valence-electron chi connectivity index (χ2n) is 5.78. The fourth-order valence-electron chi connectivity index (χ4n) is 2.59. The summed E-state index contributed by atoms with van der Waals surface area (Å²) in [6.07, 6.45) is 0.387. The number of para-hydroxylation sites is 1. The smallest absolute Gasteiger partial charge is 0.255 e. The second kappa shape index (κ2) is 7.51. The SMILES string of the molecule is O=C(Nc1ccccc1Cc1nc(-c2cccs2)no1)c1ccc(F)cc1. The number of aromatic nitrogens is 2. The zero-order valence-electron chi connectivity index (χ0n) is 14.1. The fourth-order valence-corrected chi connectivity index (χ4v) is 3.24. The number of nitrogens with zero attached hydrogens (tertiary/aromatic N) is 2. The third kappa shape index (κ3) is 3.93. The van der Waals surface area contributed by atoms with Gasteiger partial charge in [0.25, 0.3) is 5.91 Å². The summed E-state index contributed by atoms with van der Waals surface area (Å²) in [5.74, 6) is 0.312. The lowest BCUT2D eigenvalue weighted by Gasteiger charge is -2.09. The Labute approximate surface area is 158 Å². The van der Waals surface area contributed by atoms with Crippen LogP contribution in [0.15, 0.2) is 70.6 Å². The molecule has 0 aliphatic carbocycles. The predicted octanol–water partition coefficient (Wildman–Crippen LogP) is 4.78. The highest BCUT2D eigenvalue weighted by Gasteiger charge is 2.14. The molecule has 27 heavy (non-hydrogen) atoms. The van der Waals surface area contributed by atoms with Gasteiger partial charge in [-0.2, -0.15) is 4.98 Å². The largest absolute Gasteiger partial charge is 0.339 e. The molecule has 4 aromatic rings. The van der Waals surface area contributed by atoms with Crippen molar-refractivity contribution in [2.75, 3.05) is 5.32 Å². The highest BCUT2D eigenvalue weighted by molar-refractivity contribution is 7.13. The maximum atomic E-state index is 13.0. The molecule has 0 spiro atoms. The van der Waals surface area contributed by atoms with Gasteiger partial charge >= 0.3 is 0 Å². The second-order valence-corrected chi connectivity index (χ2v) is 6.73. The highest BCUT2D eigenvalue weighted by Crippen LogP contribution is 2.24. The molecule has 0 aliphatic rings. The Balaban J connectivity index is 1.53. The molecular formula is C20H14FN3O2S. The third-order valence-electron chi connectivity index (χ3n) is 3.92. The molecule has 2 aromatic carbocycles. The molecule has 5 nitrogen and oxygen atoms in total. The van der Waals surface area contributed by atoms with E-state index in [0.29, 0.717) is 29.4 Å². The molecule has 7 heteroatoms. The third-order valence-corrected chi connectivity index (χ3v) is 4.79. The average molecular weight is 379 g/mol. The molecule has 0 saturated carbocycles. The van der Waals surface area contributed by atoms with Crippen LogP contribution in [-0.2, 0) is 6.42 Å². The monoisotopic (exact) mass is 379 g/mol. The van der Waals surface area contributed by atoms with Crippen molar-refractivity contribution in [3.63, 3.8) is 0 Å². The predicted molar refractivity (Wildman–Crippen MR) is 101 cm³/mol. The van der Waals surface area contributed by atoms with E-state index in [0.717, 1.165) is 10.4 Å². The first kappa shape index (κ1) is 17.1. The van der Waals surface area contributed by atoms with Gasteiger partial charge in [0.05, 0.1) is 11.3 Å². The fraction of sp³-hybridized carbons (Fsp3) is 0.0500. The van der Waals surface area contributed by atoms with E-state index in [1.807, 2.05) is 35.7 Å².